The highest BCUT2D eigenvalue weighted by atomic mass is 32.2. The molecule has 4 nitrogen and oxygen atoms in total. The van der Waals surface area contributed by atoms with Crippen LogP contribution in [0.2, 0.25) is 0 Å². The van der Waals surface area contributed by atoms with Gasteiger partial charge >= 0.3 is 0 Å². The topological polar surface area (TPSA) is 66.4 Å². The lowest BCUT2D eigenvalue weighted by Crippen LogP contribution is -2.32. The van der Waals surface area contributed by atoms with Crippen molar-refractivity contribution in [3.8, 4) is 0 Å². The first kappa shape index (κ1) is 14.9. The minimum atomic E-state index is -4.12. The molecule has 2 aliphatic carbocycles. The van der Waals surface area contributed by atoms with Crippen LogP contribution in [-0.2, 0) is 16.6 Å². The van der Waals surface area contributed by atoms with Crippen molar-refractivity contribution in [1.29, 1.82) is 0 Å². The van der Waals surface area contributed by atoms with E-state index in [9.17, 15) is 17.2 Å². The van der Waals surface area contributed by atoms with Crippen molar-refractivity contribution in [1.82, 2.24) is 4.72 Å². The van der Waals surface area contributed by atoms with Crippen LogP contribution >= 0.6 is 0 Å². The van der Waals surface area contributed by atoms with Gasteiger partial charge in [-0.1, -0.05) is 0 Å². The van der Waals surface area contributed by atoms with E-state index in [1.807, 2.05) is 0 Å². The second kappa shape index (κ2) is 5.00. The number of halogens is 2. The molecule has 3 rings (SSSR count). The first-order chi connectivity index (χ1) is 9.88. The third kappa shape index (κ3) is 2.82. The van der Waals surface area contributed by atoms with E-state index in [1.54, 1.807) is 0 Å². The monoisotopic (exact) mass is 317 g/mol. The molecule has 2 N–H and O–H groups in total. The Morgan fingerprint density at radius 2 is 1.95 bits per heavy atom. The zero-order chi connectivity index (χ0) is 15.3. The summed E-state index contributed by atoms with van der Waals surface area (Å²) in [6.07, 6.45) is 4.19. The average molecular weight is 317 g/mol. The van der Waals surface area contributed by atoms with Gasteiger partial charge in [-0.05, 0) is 54.7 Å². The van der Waals surface area contributed by atoms with Gasteiger partial charge in [0.05, 0.1) is 6.61 Å². The molecule has 2 saturated carbocycles. The first-order valence-corrected chi connectivity index (χ1v) is 8.45. The van der Waals surface area contributed by atoms with E-state index in [0.29, 0.717) is 5.92 Å². The Balaban J connectivity index is 1.82. The van der Waals surface area contributed by atoms with Crippen molar-refractivity contribution in [2.75, 3.05) is 6.54 Å². The largest absolute Gasteiger partial charge is 0.392 e. The van der Waals surface area contributed by atoms with Crippen LogP contribution in [0.5, 0.6) is 0 Å². The average Bonchev–Trinajstić information content (AvgIpc) is 3.31. The molecule has 0 aliphatic heterocycles. The van der Waals surface area contributed by atoms with E-state index in [4.69, 9.17) is 5.11 Å². The third-order valence-electron chi connectivity index (χ3n) is 4.48. The molecule has 21 heavy (non-hydrogen) atoms. The molecular weight excluding hydrogens is 300 g/mol. The maximum Gasteiger partial charge on any atom is 0.243 e. The van der Waals surface area contributed by atoms with E-state index < -0.39 is 33.2 Å². The Hall–Kier alpha value is -1.05. The summed E-state index contributed by atoms with van der Waals surface area (Å²) >= 11 is 0. The predicted molar refractivity (Wildman–Crippen MR) is 71.9 cm³/mol. The smallest absolute Gasteiger partial charge is 0.243 e. The van der Waals surface area contributed by atoms with E-state index >= 15 is 0 Å². The zero-order valence-electron chi connectivity index (χ0n) is 11.4. The predicted octanol–water partition coefficient (Wildman–Crippen LogP) is 1.93. The van der Waals surface area contributed by atoms with Crippen LogP contribution in [0.25, 0.3) is 0 Å². The number of sulfonamides is 1. The fourth-order valence-corrected chi connectivity index (χ4v) is 4.08. The first-order valence-electron chi connectivity index (χ1n) is 6.96. The molecule has 1 aromatic rings. The summed E-state index contributed by atoms with van der Waals surface area (Å²) in [4.78, 5) is -0.738. The van der Waals surface area contributed by atoms with E-state index in [-0.39, 0.29) is 17.5 Å². The van der Waals surface area contributed by atoms with Gasteiger partial charge in [0.25, 0.3) is 0 Å². The van der Waals surface area contributed by atoms with Crippen LogP contribution < -0.4 is 4.72 Å². The Morgan fingerprint density at radius 1 is 1.29 bits per heavy atom. The molecule has 0 amide bonds. The van der Waals surface area contributed by atoms with Crippen molar-refractivity contribution in [2.24, 2.45) is 11.3 Å². The maximum absolute atomic E-state index is 13.7. The van der Waals surface area contributed by atoms with Crippen molar-refractivity contribution in [2.45, 2.75) is 37.2 Å². The zero-order valence-corrected chi connectivity index (χ0v) is 12.2. The number of hydrogen-bond acceptors (Lipinski definition) is 3. The molecule has 1 aromatic carbocycles. The molecule has 0 aromatic heterocycles. The van der Waals surface area contributed by atoms with Gasteiger partial charge in [-0.15, -0.1) is 0 Å². The number of hydrogen-bond donors (Lipinski definition) is 2. The van der Waals surface area contributed by atoms with Gasteiger partial charge in [0.2, 0.25) is 10.0 Å². The van der Waals surface area contributed by atoms with Crippen LogP contribution in [-0.4, -0.2) is 20.1 Å². The lowest BCUT2D eigenvalue weighted by molar-refractivity contribution is 0.280. The van der Waals surface area contributed by atoms with Crippen molar-refractivity contribution in [3.05, 3.63) is 29.3 Å². The molecule has 0 saturated heterocycles. The molecule has 2 fully saturated rings. The minimum Gasteiger partial charge on any atom is -0.392 e. The lowest BCUT2D eigenvalue weighted by atomic mass is 10.0. The molecule has 0 radical (unpaired) electrons. The summed E-state index contributed by atoms with van der Waals surface area (Å²) in [5, 5.41) is 8.99. The Morgan fingerprint density at radius 3 is 2.48 bits per heavy atom. The van der Waals surface area contributed by atoms with Crippen molar-refractivity contribution >= 4 is 10.0 Å². The Bertz CT molecular complexity index is 667. The number of aliphatic hydroxyl groups is 1. The molecule has 2 aliphatic rings. The summed E-state index contributed by atoms with van der Waals surface area (Å²) in [5.41, 5.74) is 0.0500. The van der Waals surface area contributed by atoms with Crippen molar-refractivity contribution < 1.29 is 22.3 Å². The minimum absolute atomic E-state index is 0.0245. The van der Waals surface area contributed by atoms with Gasteiger partial charge in [0, 0.05) is 6.54 Å². The standard InChI is InChI=1S/C14H17F2NO3S/c15-11-5-9(7-18)6-12(13(11)16)21(19,20)17-8-14(3-4-14)10-1-2-10/h5-6,10,17-18H,1-4,7-8H2. The molecular formula is C14H17F2NO3S. The fraction of sp³-hybridized carbons (Fsp3) is 0.571. The molecule has 0 spiro atoms. The van der Waals surface area contributed by atoms with E-state index in [0.717, 1.165) is 37.8 Å². The number of aliphatic hydroxyl groups excluding tert-OH is 1. The lowest BCUT2D eigenvalue weighted by Gasteiger charge is -2.16. The van der Waals surface area contributed by atoms with E-state index in [2.05, 4.69) is 4.72 Å². The highest BCUT2D eigenvalue weighted by Gasteiger charge is 2.53. The van der Waals surface area contributed by atoms with Crippen LogP contribution in [0, 0.1) is 23.0 Å². The molecule has 0 bridgehead atoms. The fourth-order valence-electron chi connectivity index (χ4n) is 2.81. The second-order valence-corrected chi connectivity index (χ2v) is 7.74. The highest BCUT2D eigenvalue weighted by molar-refractivity contribution is 7.89. The van der Waals surface area contributed by atoms with Gasteiger partial charge in [-0.2, -0.15) is 0 Å². The van der Waals surface area contributed by atoms with Gasteiger partial charge in [-0.25, -0.2) is 21.9 Å². The van der Waals surface area contributed by atoms with Gasteiger partial charge in [-0.3, -0.25) is 0 Å². The number of benzene rings is 1. The Labute approximate surface area is 122 Å². The summed E-state index contributed by atoms with van der Waals surface area (Å²) in [6, 6.07) is 1.76. The number of rotatable bonds is 6. The summed E-state index contributed by atoms with van der Waals surface area (Å²) in [6.45, 7) is -0.282. The van der Waals surface area contributed by atoms with E-state index in [1.165, 1.54) is 0 Å². The van der Waals surface area contributed by atoms with Gasteiger partial charge in [0.1, 0.15) is 4.90 Å². The summed E-state index contributed by atoms with van der Waals surface area (Å²) < 4.78 is 53.9. The van der Waals surface area contributed by atoms with Crippen LogP contribution in [0.4, 0.5) is 8.78 Å². The van der Waals surface area contributed by atoms with Gasteiger partial charge in [0.15, 0.2) is 11.6 Å². The highest BCUT2D eigenvalue weighted by Crippen LogP contribution is 2.60. The van der Waals surface area contributed by atoms with Gasteiger partial charge < -0.3 is 5.11 Å². The maximum atomic E-state index is 13.7. The Kier molecular flexibility index (Phi) is 3.54. The van der Waals surface area contributed by atoms with Crippen LogP contribution in [0.15, 0.2) is 17.0 Å². The molecule has 7 heteroatoms. The summed E-state index contributed by atoms with van der Waals surface area (Å²) in [7, 11) is -4.12. The quantitative estimate of drug-likeness (QED) is 0.842. The molecule has 0 heterocycles. The van der Waals surface area contributed by atoms with Crippen molar-refractivity contribution in [3.63, 3.8) is 0 Å². The SMILES string of the molecule is O=S(=O)(NCC1(C2CC2)CC1)c1cc(CO)cc(F)c1F. The van der Waals surface area contributed by atoms with Crippen LogP contribution in [0.1, 0.15) is 31.2 Å². The molecule has 116 valence electrons. The van der Waals surface area contributed by atoms with Crippen LogP contribution in [0.3, 0.4) is 0 Å². The normalized spacial score (nSPS) is 20.5. The molecule has 0 unspecified atom stereocenters. The molecule has 0 atom stereocenters. The number of nitrogens with one attached hydrogen (secondary N) is 1. The third-order valence-corrected chi connectivity index (χ3v) is 5.88. The second-order valence-electron chi connectivity index (χ2n) is 6.01. The summed E-state index contributed by atoms with van der Waals surface area (Å²) in [5.74, 6) is -2.12.